The van der Waals surface area contributed by atoms with Crippen molar-refractivity contribution in [3.8, 4) is 22.8 Å². The van der Waals surface area contributed by atoms with Crippen molar-refractivity contribution in [3.05, 3.63) is 65.3 Å². The molecule has 4 aromatic rings. The minimum Gasteiger partial charge on any atom is -0.335 e. The summed E-state index contributed by atoms with van der Waals surface area (Å²) in [4.78, 5) is 15.6. The number of halogens is 3. The molecule has 0 aliphatic carbocycles. The minimum absolute atomic E-state index is 0.0599. The van der Waals surface area contributed by atoms with Crippen LogP contribution < -0.4 is 11.7 Å². The second-order valence-electron chi connectivity index (χ2n) is 5.09. The summed E-state index contributed by atoms with van der Waals surface area (Å²) in [5.74, 6) is 7.00. The maximum Gasteiger partial charge on any atom is 0.181 e. The number of nitrogens with two attached hydrogens (primary N) is 2. The Hall–Kier alpha value is -2.94. The number of aromatic nitrogens is 4. The van der Waals surface area contributed by atoms with Crippen LogP contribution in [0.4, 0.5) is 8.78 Å². The van der Waals surface area contributed by atoms with Gasteiger partial charge in [-0.15, -0.1) is 0 Å². The maximum absolute atomic E-state index is 13.9. The zero-order chi connectivity index (χ0) is 18.7. The number of H-pyrrole nitrogens is 1. The quantitative estimate of drug-likeness (QED) is 0.368. The largest absolute Gasteiger partial charge is 0.335 e. The van der Waals surface area contributed by atoms with Crippen molar-refractivity contribution < 1.29 is 8.78 Å². The average Bonchev–Trinajstić information content (AvgIpc) is 3.07. The van der Waals surface area contributed by atoms with E-state index in [1.165, 1.54) is 12.3 Å². The predicted octanol–water partition coefficient (Wildman–Crippen LogP) is 3.44. The molecule has 0 atom stereocenters. The van der Waals surface area contributed by atoms with Crippen LogP contribution in [-0.2, 0) is 0 Å². The van der Waals surface area contributed by atoms with Gasteiger partial charge in [-0.05, 0) is 24.3 Å². The highest BCUT2D eigenvalue weighted by Crippen LogP contribution is 2.28. The standard InChI is InChI=1S/C17H9ClF2N4.H4N2/c18-10-5-2-1-4-9(10)15-22-13-8-21-17(24-16(13)23-15)14-11(19)6-3-7-12(14)20;1-2/h1-8H,(H,21,22,23,24);1-2H2. The monoisotopic (exact) mass is 374 g/mol. The van der Waals surface area contributed by atoms with E-state index in [4.69, 9.17) is 11.6 Å². The number of benzene rings is 2. The highest BCUT2D eigenvalue weighted by molar-refractivity contribution is 6.33. The fourth-order valence-electron chi connectivity index (χ4n) is 2.42. The fourth-order valence-corrected chi connectivity index (χ4v) is 2.65. The highest BCUT2D eigenvalue weighted by atomic mass is 35.5. The first-order valence-corrected chi connectivity index (χ1v) is 7.76. The first-order chi connectivity index (χ1) is 12.6. The zero-order valence-electron chi connectivity index (χ0n) is 13.2. The second kappa shape index (κ2) is 7.52. The van der Waals surface area contributed by atoms with E-state index >= 15 is 0 Å². The highest BCUT2D eigenvalue weighted by Gasteiger charge is 2.16. The molecule has 0 saturated carbocycles. The van der Waals surface area contributed by atoms with E-state index in [-0.39, 0.29) is 11.4 Å². The van der Waals surface area contributed by atoms with Gasteiger partial charge < -0.3 is 4.98 Å². The summed E-state index contributed by atoms with van der Waals surface area (Å²) in [7, 11) is 0. The van der Waals surface area contributed by atoms with E-state index in [9.17, 15) is 8.78 Å². The van der Waals surface area contributed by atoms with Gasteiger partial charge in [0.05, 0.1) is 16.8 Å². The minimum atomic E-state index is -0.726. The molecule has 5 N–H and O–H groups in total. The fraction of sp³-hybridized carbons (Fsp3) is 0. The predicted molar refractivity (Wildman–Crippen MR) is 95.9 cm³/mol. The Bertz CT molecular complexity index is 1050. The SMILES string of the molecule is Fc1cccc(F)c1-c1ncc2[nH]c(-c3ccccc3Cl)nc2n1.NN. The summed E-state index contributed by atoms with van der Waals surface area (Å²) in [5, 5.41) is 0.532. The average molecular weight is 375 g/mol. The summed E-state index contributed by atoms with van der Waals surface area (Å²) in [6.07, 6.45) is 1.44. The van der Waals surface area contributed by atoms with Crippen molar-refractivity contribution in [2.75, 3.05) is 0 Å². The maximum atomic E-state index is 13.9. The Morgan fingerprint density at radius 2 is 1.62 bits per heavy atom. The van der Waals surface area contributed by atoms with Crippen molar-refractivity contribution in [3.63, 3.8) is 0 Å². The number of rotatable bonds is 2. The van der Waals surface area contributed by atoms with Crippen LogP contribution >= 0.6 is 11.6 Å². The smallest absolute Gasteiger partial charge is 0.181 e. The lowest BCUT2D eigenvalue weighted by molar-refractivity contribution is 0.587. The van der Waals surface area contributed by atoms with Crippen LogP contribution in [-0.4, -0.2) is 19.9 Å². The number of hydrogen-bond donors (Lipinski definition) is 3. The van der Waals surface area contributed by atoms with Gasteiger partial charge in [-0.25, -0.2) is 23.7 Å². The van der Waals surface area contributed by atoms with Crippen LogP contribution in [0.1, 0.15) is 0 Å². The molecule has 0 saturated heterocycles. The third kappa shape index (κ3) is 3.25. The molecule has 2 aromatic carbocycles. The number of aromatic amines is 1. The molecule has 0 aliphatic rings. The topological polar surface area (TPSA) is 106 Å². The lowest BCUT2D eigenvalue weighted by Crippen LogP contribution is -2.02. The third-order valence-electron chi connectivity index (χ3n) is 3.55. The van der Waals surface area contributed by atoms with Gasteiger partial charge in [0, 0.05) is 5.56 Å². The van der Waals surface area contributed by atoms with Gasteiger partial charge in [0.15, 0.2) is 11.5 Å². The molecule has 2 heterocycles. The summed E-state index contributed by atoms with van der Waals surface area (Å²) in [5.41, 5.74) is 1.28. The van der Waals surface area contributed by atoms with E-state index in [1.54, 1.807) is 6.07 Å². The molecule has 0 spiro atoms. The second-order valence-corrected chi connectivity index (χ2v) is 5.50. The molecule has 132 valence electrons. The Morgan fingerprint density at radius 3 is 2.31 bits per heavy atom. The number of nitrogens with zero attached hydrogens (tertiary/aromatic N) is 3. The number of imidazole rings is 1. The van der Waals surface area contributed by atoms with Crippen molar-refractivity contribution in [2.24, 2.45) is 11.7 Å². The van der Waals surface area contributed by atoms with Crippen LogP contribution in [0.15, 0.2) is 48.7 Å². The van der Waals surface area contributed by atoms with Crippen LogP contribution in [0.5, 0.6) is 0 Å². The Morgan fingerprint density at radius 1 is 0.923 bits per heavy atom. The number of hydrogen-bond acceptors (Lipinski definition) is 5. The van der Waals surface area contributed by atoms with Crippen molar-refractivity contribution >= 4 is 22.8 Å². The molecule has 6 nitrogen and oxygen atoms in total. The van der Waals surface area contributed by atoms with E-state index < -0.39 is 11.6 Å². The molecule has 9 heteroatoms. The molecule has 0 bridgehead atoms. The van der Waals surface area contributed by atoms with Crippen LogP contribution in [0.2, 0.25) is 5.02 Å². The zero-order valence-corrected chi connectivity index (χ0v) is 14.0. The molecule has 0 unspecified atom stereocenters. The summed E-state index contributed by atoms with van der Waals surface area (Å²) < 4.78 is 27.8. The van der Waals surface area contributed by atoms with Gasteiger partial charge in [0.25, 0.3) is 0 Å². The Labute approximate surface area is 151 Å². The molecule has 4 rings (SSSR count). The molecule has 0 radical (unpaired) electrons. The normalized spacial score (nSPS) is 10.5. The van der Waals surface area contributed by atoms with E-state index in [0.29, 0.717) is 27.6 Å². The van der Waals surface area contributed by atoms with Gasteiger partial charge in [-0.2, -0.15) is 0 Å². The summed E-state index contributed by atoms with van der Waals surface area (Å²) >= 11 is 6.16. The van der Waals surface area contributed by atoms with Gasteiger partial charge in [0.2, 0.25) is 0 Å². The number of fused-ring (bicyclic) bond motifs is 1. The molecular formula is C17H13ClF2N6. The first kappa shape index (κ1) is 17.9. The van der Waals surface area contributed by atoms with Gasteiger partial charge in [0.1, 0.15) is 23.0 Å². The molecule has 26 heavy (non-hydrogen) atoms. The van der Waals surface area contributed by atoms with Crippen molar-refractivity contribution in [1.29, 1.82) is 0 Å². The third-order valence-corrected chi connectivity index (χ3v) is 3.88. The van der Waals surface area contributed by atoms with Crippen molar-refractivity contribution in [1.82, 2.24) is 19.9 Å². The van der Waals surface area contributed by atoms with Crippen LogP contribution in [0.25, 0.3) is 33.9 Å². The molecular weight excluding hydrogens is 362 g/mol. The van der Waals surface area contributed by atoms with Crippen molar-refractivity contribution in [2.45, 2.75) is 0 Å². The summed E-state index contributed by atoms with van der Waals surface area (Å²) in [6.45, 7) is 0. The van der Waals surface area contributed by atoms with Gasteiger partial charge >= 0.3 is 0 Å². The van der Waals surface area contributed by atoms with Crippen LogP contribution in [0.3, 0.4) is 0 Å². The number of hydrazine groups is 1. The van der Waals surface area contributed by atoms with E-state index in [2.05, 4.69) is 31.6 Å². The van der Waals surface area contributed by atoms with E-state index in [1.807, 2.05) is 18.2 Å². The lowest BCUT2D eigenvalue weighted by atomic mass is 10.2. The molecule has 0 amide bonds. The Kier molecular flexibility index (Phi) is 5.17. The van der Waals surface area contributed by atoms with E-state index in [0.717, 1.165) is 12.1 Å². The van der Waals surface area contributed by atoms with Gasteiger partial charge in [-0.3, -0.25) is 11.7 Å². The summed E-state index contributed by atoms with van der Waals surface area (Å²) in [6, 6.07) is 10.8. The van der Waals surface area contributed by atoms with Gasteiger partial charge in [-0.1, -0.05) is 29.8 Å². The lowest BCUT2D eigenvalue weighted by Gasteiger charge is -2.02. The molecule has 0 fully saturated rings. The first-order valence-electron chi connectivity index (χ1n) is 7.39. The molecule has 2 aromatic heterocycles. The molecule has 0 aliphatic heterocycles. The van der Waals surface area contributed by atoms with Crippen LogP contribution in [0, 0.1) is 11.6 Å². The number of nitrogens with one attached hydrogen (secondary N) is 1. The Balaban J connectivity index is 0.000000948.